The molecule has 0 aliphatic carbocycles. The van der Waals surface area contributed by atoms with Crippen LogP contribution in [0.15, 0.2) is 12.4 Å². The summed E-state index contributed by atoms with van der Waals surface area (Å²) in [6, 6.07) is 0. The number of carboxylic acids is 2. The van der Waals surface area contributed by atoms with E-state index < -0.39 is 17.9 Å². The van der Waals surface area contributed by atoms with Gasteiger partial charge in [-0.2, -0.15) is 5.10 Å². The monoisotopic (exact) mass is 226 g/mol. The first kappa shape index (κ1) is 12.2. The Labute approximate surface area is 92.5 Å². The van der Waals surface area contributed by atoms with Crippen LogP contribution in [0, 0.1) is 0 Å². The maximum Gasteiger partial charge on any atom is 0.303 e. The quantitative estimate of drug-likeness (QED) is 0.752. The molecule has 0 amide bonds. The molecule has 0 fully saturated rings. The van der Waals surface area contributed by atoms with Gasteiger partial charge in [0.1, 0.15) is 0 Å². The van der Waals surface area contributed by atoms with Gasteiger partial charge in [-0.1, -0.05) is 0 Å². The van der Waals surface area contributed by atoms with Gasteiger partial charge in [-0.3, -0.25) is 14.3 Å². The highest BCUT2D eigenvalue weighted by molar-refractivity contribution is 5.72. The summed E-state index contributed by atoms with van der Waals surface area (Å²) in [7, 11) is 0. The molecule has 1 aromatic rings. The molecule has 0 bridgehead atoms. The van der Waals surface area contributed by atoms with Crippen LogP contribution in [-0.2, 0) is 16.1 Å². The molecule has 0 spiro atoms. The first-order chi connectivity index (χ1) is 7.52. The van der Waals surface area contributed by atoms with Crippen molar-refractivity contribution in [2.75, 3.05) is 0 Å². The van der Waals surface area contributed by atoms with E-state index >= 15 is 0 Å². The highest BCUT2D eigenvalue weighted by Crippen LogP contribution is 2.23. The number of carboxylic acid groups (broad SMARTS) is 2. The summed E-state index contributed by atoms with van der Waals surface area (Å²) in [5.41, 5.74) is 0.659. The predicted octanol–water partition coefficient (Wildman–Crippen LogP) is 0.936. The van der Waals surface area contributed by atoms with Gasteiger partial charge >= 0.3 is 11.9 Å². The van der Waals surface area contributed by atoms with Gasteiger partial charge in [-0.05, 0) is 12.5 Å². The Morgan fingerprint density at radius 1 is 1.38 bits per heavy atom. The summed E-state index contributed by atoms with van der Waals surface area (Å²) >= 11 is 0. The van der Waals surface area contributed by atoms with Crippen LogP contribution in [-0.4, -0.2) is 31.9 Å². The van der Waals surface area contributed by atoms with E-state index in [1.165, 1.54) is 6.20 Å². The van der Waals surface area contributed by atoms with Crippen LogP contribution in [0.1, 0.15) is 31.2 Å². The van der Waals surface area contributed by atoms with Gasteiger partial charge in [0.25, 0.3) is 0 Å². The van der Waals surface area contributed by atoms with E-state index in [1.54, 1.807) is 10.9 Å². The van der Waals surface area contributed by atoms with E-state index in [9.17, 15) is 9.59 Å². The molecule has 88 valence electrons. The lowest BCUT2D eigenvalue weighted by molar-refractivity contribution is -0.139. The number of aromatic nitrogens is 2. The van der Waals surface area contributed by atoms with Gasteiger partial charge in [0.15, 0.2) is 0 Å². The zero-order valence-electron chi connectivity index (χ0n) is 8.96. The van der Waals surface area contributed by atoms with Crippen LogP contribution in [0.4, 0.5) is 0 Å². The van der Waals surface area contributed by atoms with Gasteiger partial charge in [-0.15, -0.1) is 0 Å². The molecular weight excluding hydrogens is 212 g/mol. The van der Waals surface area contributed by atoms with Gasteiger partial charge in [0.2, 0.25) is 0 Å². The molecule has 0 saturated carbocycles. The Balaban J connectivity index is 2.82. The van der Waals surface area contributed by atoms with Gasteiger partial charge < -0.3 is 10.2 Å². The second kappa shape index (κ2) is 5.29. The Bertz CT molecular complexity index is 370. The average Bonchev–Trinajstić information content (AvgIpc) is 2.63. The molecule has 0 aliphatic rings. The third kappa shape index (κ3) is 3.38. The third-order valence-electron chi connectivity index (χ3n) is 2.29. The second-order valence-corrected chi connectivity index (χ2v) is 3.52. The van der Waals surface area contributed by atoms with Gasteiger partial charge in [0.05, 0.1) is 19.0 Å². The van der Waals surface area contributed by atoms with Crippen LogP contribution < -0.4 is 0 Å². The van der Waals surface area contributed by atoms with Crippen molar-refractivity contribution in [1.82, 2.24) is 9.78 Å². The third-order valence-corrected chi connectivity index (χ3v) is 2.29. The zero-order valence-corrected chi connectivity index (χ0v) is 8.96. The number of carbonyl (C=O) groups is 2. The van der Waals surface area contributed by atoms with E-state index in [2.05, 4.69) is 5.10 Å². The van der Waals surface area contributed by atoms with Crippen LogP contribution in [0.3, 0.4) is 0 Å². The Kier molecular flexibility index (Phi) is 4.04. The Hall–Kier alpha value is -1.85. The van der Waals surface area contributed by atoms with Crippen molar-refractivity contribution >= 4 is 11.9 Å². The molecule has 1 heterocycles. The minimum absolute atomic E-state index is 0.193. The summed E-state index contributed by atoms with van der Waals surface area (Å²) in [6.07, 6.45) is 2.83. The lowest BCUT2D eigenvalue weighted by atomic mass is 9.95. The number of rotatable bonds is 6. The van der Waals surface area contributed by atoms with Crippen molar-refractivity contribution < 1.29 is 19.8 Å². The van der Waals surface area contributed by atoms with Gasteiger partial charge in [0, 0.05) is 18.7 Å². The van der Waals surface area contributed by atoms with Crippen molar-refractivity contribution in [2.24, 2.45) is 0 Å². The first-order valence-corrected chi connectivity index (χ1v) is 4.98. The number of nitrogens with zero attached hydrogens (tertiary/aromatic N) is 2. The fourth-order valence-corrected chi connectivity index (χ4v) is 1.49. The first-order valence-electron chi connectivity index (χ1n) is 4.98. The number of aryl methyl sites for hydroxylation is 1. The summed E-state index contributed by atoms with van der Waals surface area (Å²) in [6.45, 7) is 2.58. The van der Waals surface area contributed by atoms with E-state index in [0.717, 1.165) is 0 Å². The van der Waals surface area contributed by atoms with E-state index in [1.807, 2.05) is 6.92 Å². The molecule has 0 saturated heterocycles. The molecule has 1 rings (SSSR count). The topological polar surface area (TPSA) is 92.4 Å². The van der Waals surface area contributed by atoms with E-state index in [0.29, 0.717) is 12.1 Å². The van der Waals surface area contributed by atoms with Crippen LogP contribution in [0.25, 0.3) is 0 Å². The summed E-state index contributed by atoms with van der Waals surface area (Å²) in [5.74, 6) is -2.53. The fraction of sp³-hybridized carbons (Fsp3) is 0.500. The lowest BCUT2D eigenvalue weighted by Gasteiger charge is -2.09. The zero-order chi connectivity index (χ0) is 12.1. The maximum absolute atomic E-state index is 10.6. The van der Waals surface area contributed by atoms with Crippen molar-refractivity contribution in [1.29, 1.82) is 0 Å². The molecular formula is C10H14N2O4. The number of hydrogen-bond donors (Lipinski definition) is 2. The highest BCUT2D eigenvalue weighted by Gasteiger charge is 2.20. The predicted molar refractivity (Wildman–Crippen MR) is 55.1 cm³/mol. The summed E-state index contributed by atoms with van der Waals surface area (Å²) in [5, 5.41) is 21.4. The molecule has 6 heteroatoms. The second-order valence-electron chi connectivity index (χ2n) is 3.52. The minimum atomic E-state index is -1.00. The van der Waals surface area contributed by atoms with Crippen molar-refractivity contribution in [3.8, 4) is 0 Å². The highest BCUT2D eigenvalue weighted by atomic mass is 16.4. The number of aliphatic carboxylic acids is 2. The molecule has 16 heavy (non-hydrogen) atoms. The molecule has 0 aromatic carbocycles. The molecule has 0 radical (unpaired) electrons. The largest absolute Gasteiger partial charge is 0.481 e. The van der Waals surface area contributed by atoms with Crippen molar-refractivity contribution in [2.45, 2.75) is 32.2 Å². The van der Waals surface area contributed by atoms with E-state index in [4.69, 9.17) is 10.2 Å². The van der Waals surface area contributed by atoms with Crippen LogP contribution >= 0.6 is 0 Å². The van der Waals surface area contributed by atoms with Crippen LogP contribution in [0.2, 0.25) is 0 Å². The smallest absolute Gasteiger partial charge is 0.303 e. The fourth-order valence-electron chi connectivity index (χ4n) is 1.49. The maximum atomic E-state index is 10.6. The standard InChI is InChI=1S/C10H14N2O4/c1-2-12-6-8(5-11-12)7(3-9(13)14)4-10(15)16/h5-7H,2-4H2,1H3,(H,13,14)(H,15,16). The van der Waals surface area contributed by atoms with Crippen LogP contribution in [0.5, 0.6) is 0 Å². The molecule has 2 N–H and O–H groups in total. The number of hydrogen-bond acceptors (Lipinski definition) is 3. The molecule has 6 nitrogen and oxygen atoms in total. The molecule has 0 unspecified atom stereocenters. The minimum Gasteiger partial charge on any atom is -0.481 e. The Morgan fingerprint density at radius 2 is 1.94 bits per heavy atom. The van der Waals surface area contributed by atoms with Crippen molar-refractivity contribution in [3.63, 3.8) is 0 Å². The van der Waals surface area contributed by atoms with Crippen molar-refractivity contribution in [3.05, 3.63) is 18.0 Å². The lowest BCUT2D eigenvalue weighted by Crippen LogP contribution is -2.10. The average molecular weight is 226 g/mol. The van der Waals surface area contributed by atoms with E-state index in [-0.39, 0.29) is 12.8 Å². The summed E-state index contributed by atoms with van der Waals surface area (Å²) < 4.78 is 1.64. The molecule has 1 aromatic heterocycles. The molecule has 0 aliphatic heterocycles. The Morgan fingerprint density at radius 3 is 2.31 bits per heavy atom. The molecule has 0 atom stereocenters. The summed E-state index contributed by atoms with van der Waals surface area (Å²) in [4.78, 5) is 21.2. The SMILES string of the molecule is CCn1cc(C(CC(=O)O)CC(=O)O)cn1. The normalized spacial score (nSPS) is 10.6. The van der Waals surface area contributed by atoms with Gasteiger partial charge in [-0.25, -0.2) is 0 Å².